The zero-order valence-electron chi connectivity index (χ0n) is 24.7. The Kier molecular flexibility index (Phi) is 21.7. The molecule has 35 heavy (non-hydrogen) atoms. The minimum absolute atomic E-state index is 0.623. The average Bonchev–Trinajstić information content (AvgIpc) is 3.35. The average molecular weight is 490 g/mol. The lowest BCUT2D eigenvalue weighted by molar-refractivity contribution is -0.727. The van der Waals surface area contributed by atoms with E-state index in [0.29, 0.717) is 12.0 Å². The standard InChI is InChI=1S/C33H64N2/c1-5-8-10-12-14-15-16-17-18-19-20-21-22-24-27-31(4)35-30-29-34-33(35)32(26-7-3)28-25-23-13-11-9-6-2/h29-32H,5-28H2,1-4H3/p+1. The third kappa shape index (κ3) is 16.6. The van der Waals surface area contributed by atoms with Crippen LogP contribution in [-0.2, 0) is 0 Å². The second-order valence-electron chi connectivity index (χ2n) is 11.5. The topological polar surface area (TPSA) is 19.7 Å². The molecule has 206 valence electrons. The van der Waals surface area contributed by atoms with Crippen molar-refractivity contribution in [3.05, 3.63) is 18.2 Å². The molecule has 1 N–H and O–H groups in total. The molecule has 0 aliphatic carbocycles. The second-order valence-corrected chi connectivity index (χ2v) is 11.5. The van der Waals surface area contributed by atoms with Gasteiger partial charge in [0.25, 0.3) is 5.82 Å². The van der Waals surface area contributed by atoms with E-state index in [1.54, 1.807) is 0 Å². The van der Waals surface area contributed by atoms with E-state index in [4.69, 9.17) is 0 Å². The van der Waals surface area contributed by atoms with Gasteiger partial charge in [-0.25, -0.2) is 9.55 Å². The third-order valence-corrected chi connectivity index (χ3v) is 8.12. The number of rotatable bonds is 26. The SMILES string of the molecule is CCCCCCCCCCCCCCCCC(C)[n+]1cc[nH]c1C(CCC)CCCCCCCC. The summed E-state index contributed by atoms with van der Waals surface area (Å²) in [5, 5.41) is 0. The number of aromatic amines is 1. The number of imidazole rings is 1. The first kappa shape index (κ1) is 32.2. The maximum atomic E-state index is 3.65. The van der Waals surface area contributed by atoms with Crippen molar-refractivity contribution in [3.63, 3.8) is 0 Å². The summed E-state index contributed by atoms with van der Waals surface area (Å²) in [4.78, 5) is 3.65. The molecule has 0 spiro atoms. The summed E-state index contributed by atoms with van der Waals surface area (Å²) in [5.41, 5.74) is 0. The van der Waals surface area contributed by atoms with Crippen molar-refractivity contribution in [2.24, 2.45) is 0 Å². The molecule has 1 heterocycles. The van der Waals surface area contributed by atoms with Crippen molar-refractivity contribution >= 4 is 0 Å². The molecule has 0 aliphatic rings. The molecule has 2 heteroatoms. The number of hydrogen-bond acceptors (Lipinski definition) is 0. The van der Waals surface area contributed by atoms with Crippen LogP contribution in [0.15, 0.2) is 12.4 Å². The smallest absolute Gasteiger partial charge is 0.247 e. The summed E-state index contributed by atoms with van der Waals surface area (Å²) in [6, 6.07) is 0.623. The van der Waals surface area contributed by atoms with E-state index in [-0.39, 0.29) is 0 Å². The Morgan fingerprint density at radius 1 is 0.543 bits per heavy atom. The molecule has 1 rings (SSSR count). The zero-order valence-corrected chi connectivity index (χ0v) is 24.7. The first-order valence-corrected chi connectivity index (χ1v) is 16.3. The Balaban J connectivity index is 2.16. The maximum Gasteiger partial charge on any atom is 0.257 e. The molecule has 0 saturated carbocycles. The zero-order chi connectivity index (χ0) is 25.4. The van der Waals surface area contributed by atoms with Crippen molar-refractivity contribution in [2.45, 2.75) is 194 Å². The van der Waals surface area contributed by atoms with Crippen LogP contribution in [0.25, 0.3) is 0 Å². The summed E-state index contributed by atoms with van der Waals surface area (Å²) < 4.78 is 2.58. The first-order chi connectivity index (χ1) is 17.2. The second kappa shape index (κ2) is 23.6. The van der Waals surface area contributed by atoms with E-state index < -0.39 is 0 Å². The van der Waals surface area contributed by atoms with Crippen LogP contribution in [0.3, 0.4) is 0 Å². The summed E-state index contributed by atoms with van der Waals surface area (Å²) in [6.45, 7) is 9.40. The molecule has 2 atom stereocenters. The lowest BCUT2D eigenvalue weighted by atomic mass is 9.94. The highest BCUT2D eigenvalue weighted by Gasteiger charge is 2.24. The minimum atomic E-state index is 0.623. The molecule has 0 saturated heterocycles. The highest BCUT2D eigenvalue weighted by atomic mass is 15.1. The Labute approximate surface area is 221 Å². The lowest BCUT2D eigenvalue weighted by Crippen LogP contribution is -2.41. The van der Waals surface area contributed by atoms with Crippen LogP contribution in [-0.4, -0.2) is 4.98 Å². The Hall–Kier alpha value is -0.790. The molecule has 1 aromatic heterocycles. The Bertz CT molecular complexity index is 549. The molecule has 0 aromatic carbocycles. The van der Waals surface area contributed by atoms with E-state index in [9.17, 15) is 0 Å². The van der Waals surface area contributed by atoms with Gasteiger partial charge in [-0.3, -0.25) is 0 Å². The largest absolute Gasteiger partial charge is 0.257 e. The molecule has 1 aromatic rings. The van der Waals surface area contributed by atoms with E-state index in [1.165, 1.54) is 160 Å². The summed E-state index contributed by atoms with van der Waals surface area (Å²) in [6.07, 6.45) is 38.4. The van der Waals surface area contributed by atoms with Gasteiger partial charge in [0, 0.05) is 0 Å². The highest BCUT2D eigenvalue weighted by Crippen LogP contribution is 2.26. The molecule has 2 nitrogen and oxygen atoms in total. The van der Waals surface area contributed by atoms with Crippen molar-refractivity contribution in [1.29, 1.82) is 0 Å². The van der Waals surface area contributed by atoms with Gasteiger partial charge in [0.05, 0.1) is 12.0 Å². The van der Waals surface area contributed by atoms with Gasteiger partial charge < -0.3 is 0 Å². The third-order valence-electron chi connectivity index (χ3n) is 8.12. The van der Waals surface area contributed by atoms with Gasteiger partial charge in [-0.15, -0.1) is 0 Å². The predicted octanol–water partition coefficient (Wildman–Crippen LogP) is 11.4. The summed E-state index contributed by atoms with van der Waals surface area (Å²) >= 11 is 0. The first-order valence-electron chi connectivity index (χ1n) is 16.3. The van der Waals surface area contributed by atoms with Gasteiger partial charge in [0.1, 0.15) is 12.4 Å². The molecular formula is C33H65N2+. The fraction of sp³-hybridized carbons (Fsp3) is 0.909. The number of H-pyrrole nitrogens is 1. The molecular weight excluding hydrogens is 424 g/mol. The van der Waals surface area contributed by atoms with E-state index >= 15 is 0 Å². The van der Waals surface area contributed by atoms with E-state index in [0.717, 1.165) is 0 Å². The monoisotopic (exact) mass is 490 g/mol. The molecule has 0 amide bonds. The van der Waals surface area contributed by atoms with Crippen LogP contribution in [0.4, 0.5) is 0 Å². The van der Waals surface area contributed by atoms with Crippen molar-refractivity contribution < 1.29 is 4.57 Å². The van der Waals surface area contributed by atoms with Crippen molar-refractivity contribution in [3.8, 4) is 0 Å². The normalized spacial score (nSPS) is 13.4. The number of aromatic nitrogens is 2. The van der Waals surface area contributed by atoms with Crippen LogP contribution < -0.4 is 4.57 Å². The van der Waals surface area contributed by atoms with Crippen LogP contribution in [0.2, 0.25) is 0 Å². The van der Waals surface area contributed by atoms with Crippen molar-refractivity contribution in [2.75, 3.05) is 0 Å². The maximum absolute atomic E-state index is 3.65. The number of nitrogens with one attached hydrogen (secondary N) is 1. The van der Waals surface area contributed by atoms with Gasteiger partial charge >= 0.3 is 0 Å². The van der Waals surface area contributed by atoms with Crippen LogP contribution in [0.1, 0.15) is 200 Å². The van der Waals surface area contributed by atoms with Gasteiger partial charge in [-0.1, -0.05) is 149 Å². The summed E-state index contributed by atoms with van der Waals surface area (Å²) in [7, 11) is 0. The predicted molar refractivity (Wildman–Crippen MR) is 156 cm³/mol. The fourth-order valence-electron chi connectivity index (χ4n) is 5.78. The van der Waals surface area contributed by atoms with E-state index in [1.807, 2.05) is 0 Å². The van der Waals surface area contributed by atoms with Crippen LogP contribution in [0, 0.1) is 0 Å². The molecule has 0 radical (unpaired) electrons. The molecule has 0 fully saturated rings. The highest BCUT2D eigenvalue weighted by molar-refractivity contribution is 4.90. The van der Waals surface area contributed by atoms with Crippen LogP contribution in [0.5, 0.6) is 0 Å². The molecule has 0 bridgehead atoms. The van der Waals surface area contributed by atoms with Gasteiger partial charge in [-0.2, -0.15) is 0 Å². The van der Waals surface area contributed by atoms with Crippen molar-refractivity contribution in [1.82, 2.24) is 4.98 Å². The summed E-state index contributed by atoms with van der Waals surface area (Å²) in [5.74, 6) is 2.21. The van der Waals surface area contributed by atoms with Gasteiger partial charge in [0.2, 0.25) is 0 Å². The van der Waals surface area contributed by atoms with Gasteiger partial charge in [-0.05, 0) is 32.6 Å². The molecule has 2 unspecified atom stereocenters. The Morgan fingerprint density at radius 2 is 0.971 bits per heavy atom. The number of hydrogen-bond donors (Lipinski definition) is 1. The van der Waals surface area contributed by atoms with Gasteiger partial charge in [0.15, 0.2) is 0 Å². The lowest BCUT2D eigenvalue weighted by Gasteiger charge is -2.16. The van der Waals surface area contributed by atoms with E-state index in [2.05, 4.69) is 49.6 Å². The van der Waals surface area contributed by atoms with Crippen LogP contribution >= 0.6 is 0 Å². The Morgan fingerprint density at radius 3 is 1.43 bits per heavy atom. The molecule has 0 aliphatic heterocycles. The number of nitrogens with zero attached hydrogens (tertiary/aromatic N) is 1. The number of unbranched alkanes of at least 4 members (excludes halogenated alkanes) is 18. The minimum Gasteiger partial charge on any atom is -0.247 e. The quantitative estimate of drug-likeness (QED) is 0.0985. The fourth-order valence-corrected chi connectivity index (χ4v) is 5.78.